The maximum atomic E-state index is 11.8. The van der Waals surface area contributed by atoms with Gasteiger partial charge in [-0.25, -0.2) is 0 Å². The quantitative estimate of drug-likeness (QED) is 0.808. The molecule has 1 saturated carbocycles. The predicted molar refractivity (Wildman–Crippen MR) is 80.6 cm³/mol. The van der Waals surface area contributed by atoms with E-state index in [1.54, 1.807) is 0 Å². The van der Waals surface area contributed by atoms with Gasteiger partial charge in [0.05, 0.1) is 6.61 Å². The Morgan fingerprint density at radius 2 is 1.95 bits per heavy atom. The number of benzene rings is 1. The Morgan fingerprint density at radius 1 is 1.30 bits per heavy atom. The molecule has 1 atom stereocenters. The van der Waals surface area contributed by atoms with Crippen LogP contribution in [0.3, 0.4) is 0 Å². The monoisotopic (exact) mass is 341 g/mol. The van der Waals surface area contributed by atoms with Crippen LogP contribution in [0.2, 0.25) is 0 Å². The third-order valence-electron chi connectivity index (χ3n) is 3.40. The summed E-state index contributed by atoms with van der Waals surface area (Å²) in [5.41, 5.74) is 5.82. The van der Waals surface area contributed by atoms with E-state index in [0.29, 0.717) is 13.0 Å². The Hall–Kier alpha value is -1.07. The lowest BCUT2D eigenvalue weighted by atomic mass is 10.2. The third-order valence-corrected chi connectivity index (χ3v) is 3.93. The number of hydrogen-bond donors (Lipinski definition) is 1. The molecule has 0 bridgehead atoms. The second-order valence-electron chi connectivity index (χ2n) is 5.04. The first kappa shape index (κ1) is 15.3. The smallest absolute Gasteiger partial charge is 0.323 e. The van der Waals surface area contributed by atoms with Crippen LogP contribution in [-0.4, -0.2) is 24.7 Å². The van der Waals surface area contributed by atoms with Gasteiger partial charge in [-0.2, -0.15) is 0 Å². The Labute approximate surface area is 127 Å². The minimum atomic E-state index is -0.606. The first-order chi connectivity index (χ1) is 9.65. The fourth-order valence-corrected chi connectivity index (χ4v) is 2.47. The summed E-state index contributed by atoms with van der Waals surface area (Å²) in [6.45, 7) is 0.405. The molecule has 110 valence electrons. The molecule has 1 aromatic carbocycles. The Balaban J connectivity index is 1.67. The summed E-state index contributed by atoms with van der Waals surface area (Å²) in [7, 11) is 0. The van der Waals surface area contributed by atoms with Gasteiger partial charge >= 0.3 is 5.97 Å². The largest absolute Gasteiger partial charge is 0.494 e. The van der Waals surface area contributed by atoms with Crippen molar-refractivity contribution < 1.29 is 14.3 Å². The number of ether oxygens (including phenoxy) is 2. The molecule has 0 radical (unpaired) electrons. The van der Waals surface area contributed by atoms with E-state index in [9.17, 15) is 4.79 Å². The lowest BCUT2D eigenvalue weighted by Gasteiger charge is -2.16. The molecular weight excluding hydrogens is 322 g/mol. The number of nitrogens with two attached hydrogens (primary N) is 1. The summed E-state index contributed by atoms with van der Waals surface area (Å²) in [5.74, 6) is 0.459. The van der Waals surface area contributed by atoms with Crippen molar-refractivity contribution in [2.24, 2.45) is 5.73 Å². The van der Waals surface area contributed by atoms with E-state index in [2.05, 4.69) is 15.9 Å². The fourth-order valence-electron chi connectivity index (χ4n) is 2.21. The van der Waals surface area contributed by atoms with Crippen LogP contribution in [0.15, 0.2) is 28.7 Å². The molecule has 2 N–H and O–H groups in total. The van der Waals surface area contributed by atoms with Crippen LogP contribution in [-0.2, 0) is 9.53 Å². The molecule has 1 aliphatic carbocycles. The normalized spacial score (nSPS) is 16.9. The summed E-state index contributed by atoms with van der Waals surface area (Å²) in [5, 5.41) is 0. The molecule has 0 saturated heterocycles. The lowest BCUT2D eigenvalue weighted by Crippen LogP contribution is -2.35. The predicted octanol–water partition coefficient (Wildman–Crippen LogP) is 3.03. The third kappa shape index (κ3) is 4.80. The van der Waals surface area contributed by atoms with Crippen LogP contribution < -0.4 is 10.5 Å². The summed E-state index contributed by atoms with van der Waals surface area (Å²) in [6, 6.07) is 6.94. The molecule has 0 aliphatic heterocycles. The van der Waals surface area contributed by atoms with E-state index in [0.717, 1.165) is 35.9 Å². The van der Waals surface area contributed by atoms with Gasteiger partial charge in [0.25, 0.3) is 0 Å². The number of carbonyl (C=O) groups is 1. The molecule has 0 amide bonds. The lowest BCUT2D eigenvalue weighted by molar-refractivity contribution is -0.150. The summed E-state index contributed by atoms with van der Waals surface area (Å²) >= 11 is 3.36. The van der Waals surface area contributed by atoms with Gasteiger partial charge < -0.3 is 15.2 Å². The van der Waals surface area contributed by atoms with Crippen LogP contribution in [0.25, 0.3) is 0 Å². The maximum Gasteiger partial charge on any atom is 0.323 e. The molecule has 1 fully saturated rings. The van der Waals surface area contributed by atoms with E-state index in [1.165, 1.54) is 0 Å². The van der Waals surface area contributed by atoms with Gasteiger partial charge in [-0.15, -0.1) is 0 Å². The second-order valence-corrected chi connectivity index (χ2v) is 5.96. The SMILES string of the molecule is N[C@H](CCOc1ccc(Br)cc1)C(=O)OC1CCCC1. The summed E-state index contributed by atoms with van der Waals surface area (Å²) < 4.78 is 11.9. The first-order valence-electron chi connectivity index (χ1n) is 6.99. The van der Waals surface area contributed by atoms with Crippen molar-refractivity contribution in [2.75, 3.05) is 6.61 Å². The molecular formula is C15H20BrNO3. The molecule has 1 aliphatic rings. The zero-order valence-corrected chi connectivity index (χ0v) is 13.0. The minimum absolute atomic E-state index is 0.0703. The highest BCUT2D eigenvalue weighted by Crippen LogP contribution is 2.21. The zero-order valence-electron chi connectivity index (χ0n) is 11.4. The van der Waals surface area contributed by atoms with Gasteiger partial charge in [0.2, 0.25) is 0 Å². The number of halogens is 1. The van der Waals surface area contributed by atoms with E-state index < -0.39 is 6.04 Å². The molecule has 2 rings (SSSR count). The second kappa shape index (κ2) is 7.64. The first-order valence-corrected chi connectivity index (χ1v) is 7.79. The Morgan fingerprint density at radius 3 is 2.60 bits per heavy atom. The van der Waals surface area contributed by atoms with Crippen molar-refractivity contribution in [1.82, 2.24) is 0 Å². The van der Waals surface area contributed by atoms with Crippen molar-refractivity contribution in [3.05, 3.63) is 28.7 Å². The van der Waals surface area contributed by atoms with Crippen LogP contribution >= 0.6 is 15.9 Å². The molecule has 20 heavy (non-hydrogen) atoms. The van der Waals surface area contributed by atoms with E-state index in [-0.39, 0.29) is 12.1 Å². The number of rotatable bonds is 6. The van der Waals surface area contributed by atoms with Gasteiger partial charge in [-0.1, -0.05) is 15.9 Å². The van der Waals surface area contributed by atoms with Crippen LogP contribution in [0.5, 0.6) is 5.75 Å². The average Bonchev–Trinajstić information content (AvgIpc) is 2.93. The molecule has 0 heterocycles. The van der Waals surface area contributed by atoms with Crippen molar-refractivity contribution in [3.8, 4) is 5.75 Å². The summed E-state index contributed by atoms with van der Waals surface area (Å²) in [6.07, 6.45) is 4.74. The number of hydrogen-bond acceptors (Lipinski definition) is 4. The molecule has 5 heteroatoms. The van der Waals surface area contributed by atoms with Crippen molar-refractivity contribution in [3.63, 3.8) is 0 Å². The molecule has 0 spiro atoms. The Bertz CT molecular complexity index is 429. The van der Waals surface area contributed by atoms with Gasteiger partial charge in [0, 0.05) is 10.9 Å². The van der Waals surface area contributed by atoms with Gasteiger partial charge in [0.1, 0.15) is 17.9 Å². The van der Waals surface area contributed by atoms with E-state index in [4.69, 9.17) is 15.2 Å². The minimum Gasteiger partial charge on any atom is -0.494 e. The standard InChI is InChI=1S/C15H20BrNO3/c16-11-5-7-12(8-6-11)19-10-9-14(17)15(18)20-13-3-1-2-4-13/h5-8,13-14H,1-4,9-10,17H2/t14-/m1/s1. The van der Waals surface area contributed by atoms with E-state index >= 15 is 0 Å². The van der Waals surface area contributed by atoms with Gasteiger partial charge in [-0.05, 0) is 49.9 Å². The zero-order chi connectivity index (χ0) is 14.4. The average molecular weight is 342 g/mol. The molecule has 0 aromatic heterocycles. The number of esters is 1. The van der Waals surface area contributed by atoms with E-state index in [1.807, 2.05) is 24.3 Å². The van der Waals surface area contributed by atoms with Gasteiger partial charge in [0.15, 0.2) is 0 Å². The van der Waals surface area contributed by atoms with Crippen LogP contribution in [0.1, 0.15) is 32.1 Å². The highest BCUT2D eigenvalue weighted by atomic mass is 79.9. The molecule has 1 aromatic rings. The topological polar surface area (TPSA) is 61.5 Å². The van der Waals surface area contributed by atoms with Crippen LogP contribution in [0.4, 0.5) is 0 Å². The highest BCUT2D eigenvalue weighted by molar-refractivity contribution is 9.10. The Kier molecular flexibility index (Phi) is 5.86. The maximum absolute atomic E-state index is 11.8. The molecule has 0 unspecified atom stereocenters. The van der Waals surface area contributed by atoms with Crippen molar-refractivity contribution in [1.29, 1.82) is 0 Å². The summed E-state index contributed by atoms with van der Waals surface area (Å²) in [4.78, 5) is 11.8. The molecule has 4 nitrogen and oxygen atoms in total. The van der Waals surface area contributed by atoms with Gasteiger partial charge in [-0.3, -0.25) is 4.79 Å². The van der Waals surface area contributed by atoms with Crippen molar-refractivity contribution >= 4 is 21.9 Å². The highest BCUT2D eigenvalue weighted by Gasteiger charge is 2.22. The van der Waals surface area contributed by atoms with Crippen molar-refractivity contribution in [2.45, 2.75) is 44.2 Å². The fraction of sp³-hybridized carbons (Fsp3) is 0.533. The number of carbonyl (C=O) groups excluding carboxylic acids is 1. The van der Waals surface area contributed by atoms with Crippen LogP contribution in [0, 0.1) is 0 Å².